The molecule has 2 heterocycles. The van der Waals surface area contributed by atoms with E-state index in [4.69, 9.17) is 10.5 Å². The molecule has 0 spiro atoms. The van der Waals surface area contributed by atoms with Gasteiger partial charge in [-0.2, -0.15) is 0 Å². The molecule has 2 aromatic rings. The number of aromatic amines is 1. The van der Waals surface area contributed by atoms with E-state index in [1.807, 2.05) is 18.3 Å². The van der Waals surface area contributed by atoms with Gasteiger partial charge in [0.05, 0.1) is 30.3 Å². The molecule has 4 N–H and O–H groups in total. The Labute approximate surface area is 135 Å². The lowest BCUT2D eigenvalue weighted by molar-refractivity contribution is -0.141. The number of morpholine rings is 1. The van der Waals surface area contributed by atoms with E-state index in [1.165, 1.54) is 0 Å². The first-order chi connectivity index (χ1) is 11.2. The van der Waals surface area contributed by atoms with E-state index in [0.717, 1.165) is 48.5 Å². The van der Waals surface area contributed by atoms with Crippen LogP contribution in [0.1, 0.15) is 12.0 Å². The largest absolute Gasteiger partial charge is 0.481 e. The maximum absolute atomic E-state index is 11.4. The number of aliphatic carboxylic acids is 1. The van der Waals surface area contributed by atoms with Crippen molar-refractivity contribution in [3.63, 3.8) is 0 Å². The number of ether oxygens (including phenoxy) is 1. The molecule has 0 saturated carbocycles. The summed E-state index contributed by atoms with van der Waals surface area (Å²) in [5, 5.41) is 10.4. The van der Waals surface area contributed by atoms with Crippen molar-refractivity contribution >= 4 is 22.6 Å². The zero-order chi connectivity index (χ0) is 16.2. The first kappa shape index (κ1) is 15.8. The molecule has 0 aliphatic carbocycles. The fourth-order valence-corrected chi connectivity index (χ4v) is 3.21. The van der Waals surface area contributed by atoms with Crippen LogP contribution in [0.3, 0.4) is 0 Å². The number of aromatic nitrogens is 1. The van der Waals surface area contributed by atoms with Gasteiger partial charge in [0.15, 0.2) is 0 Å². The van der Waals surface area contributed by atoms with Crippen LogP contribution < -0.4 is 10.6 Å². The monoisotopic (exact) mass is 317 g/mol. The van der Waals surface area contributed by atoms with E-state index in [2.05, 4.69) is 16.0 Å². The summed E-state index contributed by atoms with van der Waals surface area (Å²) in [6.45, 7) is 3.61. The number of H-pyrrole nitrogens is 1. The maximum Gasteiger partial charge on any atom is 0.306 e. The summed E-state index contributed by atoms with van der Waals surface area (Å²) in [5.41, 5.74) is 8.80. The standard InChI is InChI=1S/C17H23N3O3/c18-5-4-12(17(21)22)10-13-11-19-16-14(13)2-1-3-15(16)20-6-8-23-9-7-20/h1-3,11-12,19H,4-10,18H2,(H,21,22). The summed E-state index contributed by atoms with van der Waals surface area (Å²) in [6.07, 6.45) is 2.92. The van der Waals surface area contributed by atoms with Crippen LogP contribution in [0.25, 0.3) is 10.9 Å². The SMILES string of the molecule is NCCC(Cc1c[nH]c2c(N3CCOCC3)cccc12)C(=O)O. The zero-order valence-electron chi connectivity index (χ0n) is 13.1. The van der Waals surface area contributed by atoms with Gasteiger partial charge in [-0.15, -0.1) is 0 Å². The fourth-order valence-electron chi connectivity index (χ4n) is 3.21. The molecule has 1 aliphatic rings. The minimum atomic E-state index is -0.783. The number of anilines is 1. The van der Waals surface area contributed by atoms with Crippen molar-refractivity contribution in [1.29, 1.82) is 0 Å². The minimum absolute atomic E-state index is 0.387. The minimum Gasteiger partial charge on any atom is -0.481 e. The van der Waals surface area contributed by atoms with Crippen LogP contribution in [0.4, 0.5) is 5.69 Å². The summed E-state index contributed by atoms with van der Waals surface area (Å²) >= 11 is 0. The van der Waals surface area contributed by atoms with Crippen molar-refractivity contribution in [1.82, 2.24) is 4.98 Å². The van der Waals surface area contributed by atoms with Crippen LogP contribution in [0.2, 0.25) is 0 Å². The highest BCUT2D eigenvalue weighted by molar-refractivity contribution is 5.94. The molecule has 6 heteroatoms. The molecule has 3 rings (SSSR count). The molecular formula is C17H23N3O3. The second-order valence-corrected chi connectivity index (χ2v) is 5.93. The second-order valence-electron chi connectivity index (χ2n) is 5.93. The van der Waals surface area contributed by atoms with Gasteiger partial charge in [0, 0.05) is 24.7 Å². The van der Waals surface area contributed by atoms with Crippen LogP contribution in [-0.2, 0) is 16.0 Å². The third kappa shape index (κ3) is 3.33. The number of fused-ring (bicyclic) bond motifs is 1. The Kier molecular flexibility index (Phi) is 4.83. The predicted octanol–water partition coefficient (Wildman–Crippen LogP) is 1.60. The number of nitrogens with two attached hydrogens (primary N) is 1. The van der Waals surface area contributed by atoms with Gasteiger partial charge in [-0.3, -0.25) is 4.79 Å². The molecule has 1 fully saturated rings. The Balaban J connectivity index is 1.90. The van der Waals surface area contributed by atoms with Crippen LogP contribution in [-0.4, -0.2) is 48.9 Å². The normalized spacial score (nSPS) is 16.7. The predicted molar refractivity (Wildman–Crippen MR) is 89.8 cm³/mol. The molecule has 124 valence electrons. The quantitative estimate of drug-likeness (QED) is 0.752. The number of para-hydroxylation sites is 1. The number of carbonyl (C=O) groups is 1. The maximum atomic E-state index is 11.4. The lowest BCUT2D eigenvalue weighted by atomic mass is 9.96. The van der Waals surface area contributed by atoms with E-state index in [1.54, 1.807) is 0 Å². The second kappa shape index (κ2) is 7.02. The summed E-state index contributed by atoms with van der Waals surface area (Å²) in [5.74, 6) is -1.22. The molecule has 1 unspecified atom stereocenters. The van der Waals surface area contributed by atoms with Crippen LogP contribution >= 0.6 is 0 Å². The Bertz CT molecular complexity index is 677. The lowest BCUT2D eigenvalue weighted by Crippen LogP contribution is -2.36. The van der Waals surface area contributed by atoms with Crippen molar-refractivity contribution in [2.24, 2.45) is 11.7 Å². The van der Waals surface area contributed by atoms with Gasteiger partial charge in [-0.05, 0) is 31.0 Å². The van der Waals surface area contributed by atoms with Crippen molar-refractivity contribution in [2.45, 2.75) is 12.8 Å². The number of nitrogens with zero attached hydrogens (tertiary/aromatic N) is 1. The van der Waals surface area contributed by atoms with Crippen LogP contribution in [0.15, 0.2) is 24.4 Å². The Hall–Kier alpha value is -2.05. The highest BCUT2D eigenvalue weighted by Gasteiger charge is 2.20. The lowest BCUT2D eigenvalue weighted by Gasteiger charge is -2.29. The number of rotatable bonds is 6. The summed E-state index contributed by atoms with van der Waals surface area (Å²) in [7, 11) is 0. The van der Waals surface area contributed by atoms with Gasteiger partial charge in [-0.1, -0.05) is 12.1 Å². The van der Waals surface area contributed by atoms with Crippen molar-refractivity contribution in [3.8, 4) is 0 Å². The van der Waals surface area contributed by atoms with Gasteiger partial charge in [0.2, 0.25) is 0 Å². The van der Waals surface area contributed by atoms with Crippen molar-refractivity contribution < 1.29 is 14.6 Å². The molecule has 6 nitrogen and oxygen atoms in total. The highest BCUT2D eigenvalue weighted by atomic mass is 16.5. The molecule has 0 radical (unpaired) electrons. The molecule has 23 heavy (non-hydrogen) atoms. The Morgan fingerprint density at radius 3 is 2.87 bits per heavy atom. The van der Waals surface area contributed by atoms with Gasteiger partial charge in [0.25, 0.3) is 0 Å². The highest BCUT2D eigenvalue weighted by Crippen LogP contribution is 2.30. The van der Waals surface area contributed by atoms with Gasteiger partial charge in [0.1, 0.15) is 0 Å². The molecule has 1 saturated heterocycles. The average Bonchev–Trinajstić information content (AvgIpc) is 2.98. The number of hydrogen-bond acceptors (Lipinski definition) is 4. The molecule has 0 amide bonds. The molecule has 1 aromatic heterocycles. The average molecular weight is 317 g/mol. The van der Waals surface area contributed by atoms with E-state index < -0.39 is 11.9 Å². The van der Waals surface area contributed by atoms with Crippen molar-refractivity contribution in [2.75, 3.05) is 37.7 Å². The topological polar surface area (TPSA) is 91.6 Å². The third-order valence-corrected chi connectivity index (χ3v) is 4.46. The fraction of sp³-hybridized carbons (Fsp3) is 0.471. The molecule has 1 aliphatic heterocycles. The first-order valence-electron chi connectivity index (χ1n) is 8.05. The van der Waals surface area contributed by atoms with Crippen LogP contribution in [0, 0.1) is 5.92 Å². The summed E-state index contributed by atoms with van der Waals surface area (Å²) < 4.78 is 5.42. The van der Waals surface area contributed by atoms with Gasteiger partial charge in [-0.25, -0.2) is 0 Å². The molecular weight excluding hydrogens is 294 g/mol. The summed E-state index contributed by atoms with van der Waals surface area (Å²) in [4.78, 5) is 17.0. The van der Waals surface area contributed by atoms with Crippen molar-refractivity contribution in [3.05, 3.63) is 30.0 Å². The first-order valence-corrected chi connectivity index (χ1v) is 8.05. The number of carboxylic acids is 1. The van der Waals surface area contributed by atoms with E-state index in [-0.39, 0.29) is 0 Å². The molecule has 1 aromatic carbocycles. The Morgan fingerprint density at radius 1 is 1.39 bits per heavy atom. The Morgan fingerprint density at radius 2 is 2.17 bits per heavy atom. The van der Waals surface area contributed by atoms with Crippen LogP contribution in [0.5, 0.6) is 0 Å². The van der Waals surface area contributed by atoms with E-state index in [9.17, 15) is 9.90 Å². The van der Waals surface area contributed by atoms with Gasteiger partial charge < -0.3 is 25.5 Å². The summed E-state index contributed by atoms with van der Waals surface area (Å²) in [6, 6.07) is 6.18. The number of benzene rings is 1. The third-order valence-electron chi connectivity index (χ3n) is 4.46. The smallest absolute Gasteiger partial charge is 0.306 e. The molecule has 1 atom stereocenters. The number of carboxylic acid groups (broad SMARTS) is 1. The molecule has 0 bridgehead atoms. The zero-order valence-corrected chi connectivity index (χ0v) is 13.1. The van der Waals surface area contributed by atoms with E-state index >= 15 is 0 Å². The number of nitrogens with one attached hydrogen (secondary N) is 1. The number of hydrogen-bond donors (Lipinski definition) is 3. The van der Waals surface area contributed by atoms with Gasteiger partial charge >= 0.3 is 5.97 Å². The van der Waals surface area contributed by atoms with E-state index in [0.29, 0.717) is 19.4 Å².